The molecule has 0 saturated carbocycles. The van der Waals surface area contributed by atoms with E-state index in [2.05, 4.69) is 12.2 Å². The fraction of sp³-hybridized carbons (Fsp3) is 0.333. The van der Waals surface area contributed by atoms with Crippen LogP contribution < -0.4 is 5.73 Å². The molecule has 0 aliphatic heterocycles. The Labute approximate surface area is 51.5 Å². The van der Waals surface area contributed by atoms with Gasteiger partial charge >= 0.3 is 0 Å². The Morgan fingerprint density at radius 2 is 2.29 bits per heavy atom. The van der Waals surface area contributed by atoms with Crippen LogP contribution in [-0.2, 0) is 4.79 Å². The molecule has 0 radical (unpaired) electrons. The molecule has 0 atom stereocenters. The van der Waals surface area contributed by atoms with Crippen molar-refractivity contribution in [3.8, 4) is 0 Å². The normalized spacial score (nSPS) is 8.14. The number of carbonyl (C=O) groups is 1. The van der Waals surface area contributed by atoms with Gasteiger partial charge in [0.1, 0.15) is 4.20 Å². The minimum atomic E-state index is -0.512. The zero-order valence-electron chi connectivity index (χ0n) is 3.80. The summed E-state index contributed by atoms with van der Waals surface area (Å²) in [6.45, 7) is 0. The van der Waals surface area contributed by atoms with Crippen molar-refractivity contribution in [1.29, 1.82) is 0 Å². The summed E-state index contributed by atoms with van der Waals surface area (Å²) in [6, 6.07) is 0. The van der Waals surface area contributed by atoms with E-state index in [1.54, 1.807) is 6.26 Å². The average molecular weight is 135 g/mol. The first-order chi connectivity index (χ1) is 3.18. The van der Waals surface area contributed by atoms with Crippen molar-refractivity contribution >= 4 is 34.1 Å². The largest absolute Gasteiger partial charge is 0.364 e. The quantitative estimate of drug-likeness (QED) is 0.481. The van der Waals surface area contributed by atoms with E-state index in [-0.39, 0.29) is 4.20 Å². The number of thiocarbonyl (C=S) groups is 1. The maximum atomic E-state index is 9.99. The van der Waals surface area contributed by atoms with Crippen LogP contribution in [0.2, 0.25) is 0 Å². The van der Waals surface area contributed by atoms with Crippen molar-refractivity contribution in [3.63, 3.8) is 0 Å². The van der Waals surface area contributed by atoms with Crippen LogP contribution in [0.3, 0.4) is 0 Å². The van der Waals surface area contributed by atoms with Crippen molar-refractivity contribution in [1.82, 2.24) is 0 Å². The topological polar surface area (TPSA) is 43.1 Å². The number of nitrogens with two attached hydrogens (primary N) is 1. The molecule has 0 bridgehead atoms. The summed E-state index contributed by atoms with van der Waals surface area (Å²) < 4.78 is 0.236. The lowest BCUT2D eigenvalue weighted by Gasteiger charge is -1.86. The Bertz CT molecular complexity index is 101. The third kappa shape index (κ3) is 2.59. The molecule has 0 unspecified atom stereocenters. The number of rotatable bonds is 0. The molecule has 0 aliphatic carbocycles. The van der Waals surface area contributed by atoms with Crippen LogP contribution in [0.5, 0.6) is 0 Å². The highest BCUT2D eigenvalue weighted by atomic mass is 32.2. The van der Waals surface area contributed by atoms with Gasteiger partial charge in [-0.05, 0) is 6.26 Å². The van der Waals surface area contributed by atoms with E-state index in [0.717, 1.165) is 0 Å². The Kier molecular flexibility index (Phi) is 2.95. The van der Waals surface area contributed by atoms with E-state index in [9.17, 15) is 4.79 Å². The number of hydrogen-bond donors (Lipinski definition) is 1. The Morgan fingerprint density at radius 1 is 1.86 bits per heavy atom. The third-order valence-electron chi connectivity index (χ3n) is 0.387. The van der Waals surface area contributed by atoms with Crippen molar-refractivity contribution < 1.29 is 4.79 Å². The molecule has 7 heavy (non-hydrogen) atoms. The van der Waals surface area contributed by atoms with Gasteiger partial charge in [0.25, 0.3) is 5.91 Å². The molecule has 1 amide bonds. The minimum absolute atomic E-state index is 0.236. The summed E-state index contributed by atoms with van der Waals surface area (Å²) >= 11 is 5.66. The lowest BCUT2D eigenvalue weighted by atomic mass is 10.8. The molecule has 0 spiro atoms. The molecule has 2 N–H and O–H groups in total. The average Bonchev–Trinajstić information content (AvgIpc) is 1.65. The van der Waals surface area contributed by atoms with Crippen LogP contribution in [0.1, 0.15) is 0 Å². The van der Waals surface area contributed by atoms with Crippen molar-refractivity contribution in [2.24, 2.45) is 5.73 Å². The molecule has 0 fully saturated rings. The summed E-state index contributed by atoms with van der Waals surface area (Å²) in [5.74, 6) is -0.512. The summed E-state index contributed by atoms with van der Waals surface area (Å²) in [6.07, 6.45) is 1.72. The highest BCUT2D eigenvalue weighted by molar-refractivity contribution is 8.24. The van der Waals surface area contributed by atoms with Gasteiger partial charge in [0.2, 0.25) is 0 Å². The summed E-state index contributed by atoms with van der Waals surface area (Å²) in [5, 5.41) is 0. The monoisotopic (exact) mass is 135 g/mol. The zero-order chi connectivity index (χ0) is 5.86. The van der Waals surface area contributed by atoms with Crippen molar-refractivity contribution in [2.75, 3.05) is 6.26 Å². The number of primary amides is 1. The van der Waals surface area contributed by atoms with E-state index in [1.165, 1.54) is 11.8 Å². The fourth-order valence-corrected chi connectivity index (χ4v) is 0.302. The predicted molar refractivity (Wildman–Crippen MR) is 35.3 cm³/mol. The molecule has 0 saturated heterocycles. The number of carbonyl (C=O) groups excluding carboxylic acids is 1. The second-order valence-electron chi connectivity index (χ2n) is 0.856. The lowest BCUT2D eigenvalue weighted by Crippen LogP contribution is -2.17. The van der Waals surface area contributed by atoms with Gasteiger partial charge in [0.15, 0.2) is 0 Å². The van der Waals surface area contributed by atoms with Crippen LogP contribution >= 0.6 is 24.0 Å². The lowest BCUT2D eigenvalue weighted by molar-refractivity contribution is -0.111. The van der Waals surface area contributed by atoms with Crippen LogP contribution in [0, 0.1) is 0 Å². The van der Waals surface area contributed by atoms with Crippen LogP contribution in [0.4, 0.5) is 0 Å². The standard InChI is InChI=1S/C3H5NOS2/c1-7-3(6)2(4)5/h1H3,(H2,4,5). The van der Waals surface area contributed by atoms with E-state index in [4.69, 9.17) is 5.73 Å². The molecule has 0 aromatic carbocycles. The molecule has 4 heteroatoms. The van der Waals surface area contributed by atoms with Gasteiger partial charge < -0.3 is 5.73 Å². The first-order valence-electron chi connectivity index (χ1n) is 1.56. The molecular formula is C3H5NOS2. The first-order valence-corrected chi connectivity index (χ1v) is 3.19. The van der Waals surface area contributed by atoms with Gasteiger partial charge in [-0.2, -0.15) is 0 Å². The van der Waals surface area contributed by atoms with Crippen LogP contribution in [0.25, 0.3) is 0 Å². The van der Waals surface area contributed by atoms with Crippen LogP contribution in [-0.4, -0.2) is 16.4 Å². The van der Waals surface area contributed by atoms with Gasteiger partial charge in [0.05, 0.1) is 0 Å². The van der Waals surface area contributed by atoms with Crippen LogP contribution in [0.15, 0.2) is 0 Å². The number of amides is 1. The Balaban J connectivity index is 3.58. The molecule has 0 heterocycles. The summed E-state index contributed by atoms with van der Waals surface area (Å²) in [4.78, 5) is 9.99. The second kappa shape index (κ2) is 2.98. The van der Waals surface area contributed by atoms with Gasteiger partial charge in [0, 0.05) is 0 Å². The maximum Gasteiger partial charge on any atom is 0.266 e. The molecule has 0 aromatic heterocycles. The predicted octanol–water partition coefficient (Wildman–Crippen LogP) is 0.162. The Morgan fingerprint density at radius 3 is 2.29 bits per heavy atom. The SMILES string of the molecule is CSC(=S)C(N)=O. The van der Waals surface area contributed by atoms with E-state index in [0.29, 0.717) is 0 Å². The van der Waals surface area contributed by atoms with Gasteiger partial charge in [-0.15, -0.1) is 11.8 Å². The van der Waals surface area contributed by atoms with Gasteiger partial charge in [-0.3, -0.25) is 4.79 Å². The molecular weight excluding hydrogens is 130 g/mol. The Hall–Kier alpha value is -0.0900. The van der Waals surface area contributed by atoms with Crippen molar-refractivity contribution in [3.05, 3.63) is 0 Å². The van der Waals surface area contributed by atoms with E-state index < -0.39 is 5.91 Å². The smallest absolute Gasteiger partial charge is 0.266 e. The highest BCUT2D eigenvalue weighted by Gasteiger charge is 1.97. The third-order valence-corrected chi connectivity index (χ3v) is 1.66. The summed E-state index contributed by atoms with van der Waals surface area (Å²) in [7, 11) is 0. The summed E-state index contributed by atoms with van der Waals surface area (Å²) in [5.41, 5.74) is 4.75. The van der Waals surface area contributed by atoms with E-state index in [1.807, 2.05) is 0 Å². The molecule has 0 aromatic rings. The highest BCUT2D eigenvalue weighted by Crippen LogP contribution is 1.94. The number of hydrogen-bond acceptors (Lipinski definition) is 3. The number of thioether (sulfide) groups is 1. The molecule has 0 aliphatic rings. The minimum Gasteiger partial charge on any atom is -0.364 e. The molecule has 2 nitrogen and oxygen atoms in total. The molecule has 0 rings (SSSR count). The zero-order valence-corrected chi connectivity index (χ0v) is 5.44. The first kappa shape index (κ1) is 6.91. The fourth-order valence-electron chi connectivity index (χ4n) is 0.101. The maximum absolute atomic E-state index is 9.99. The van der Waals surface area contributed by atoms with Gasteiger partial charge in [-0.25, -0.2) is 0 Å². The van der Waals surface area contributed by atoms with Gasteiger partial charge in [-0.1, -0.05) is 12.2 Å². The second-order valence-corrected chi connectivity index (χ2v) is 2.34. The van der Waals surface area contributed by atoms with Crippen molar-refractivity contribution in [2.45, 2.75) is 0 Å². The molecule has 40 valence electrons. The van der Waals surface area contributed by atoms with E-state index >= 15 is 0 Å².